The number of hydrogen-bond acceptors (Lipinski definition) is 3. The van der Waals surface area contributed by atoms with Crippen LogP contribution in [0.2, 0.25) is 0 Å². The normalized spacial score (nSPS) is 16.4. The zero-order valence-corrected chi connectivity index (χ0v) is 14.7. The summed E-state index contributed by atoms with van der Waals surface area (Å²) in [6, 6.07) is 5.94. The quantitative estimate of drug-likeness (QED) is 0.910. The van der Waals surface area contributed by atoms with Crippen molar-refractivity contribution in [3.8, 4) is 5.69 Å². The van der Waals surface area contributed by atoms with Crippen LogP contribution in [-0.2, 0) is 0 Å². The summed E-state index contributed by atoms with van der Waals surface area (Å²) < 4.78 is 1.99. The molecule has 1 aliphatic rings. The summed E-state index contributed by atoms with van der Waals surface area (Å²) in [6.45, 7) is 7.39. The summed E-state index contributed by atoms with van der Waals surface area (Å²) in [5.74, 6) is 0.0220. The third-order valence-corrected chi connectivity index (χ3v) is 5.53. The van der Waals surface area contributed by atoms with Gasteiger partial charge in [-0.1, -0.05) is 6.42 Å². The molecule has 1 amide bonds. The molecule has 1 saturated heterocycles. The SMILES string of the molecule is CC(C)(CNC(=O)c1sccc1-n1cccc1)N1CCCCC1. The molecule has 2 aromatic heterocycles. The van der Waals surface area contributed by atoms with Crippen molar-refractivity contribution in [2.45, 2.75) is 38.6 Å². The van der Waals surface area contributed by atoms with Crippen LogP contribution in [0, 0.1) is 0 Å². The van der Waals surface area contributed by atoms with Crippen molar-refractivity contribution in [2.75, 3.05) is 19.6 Å². The van der Waals surface area contributed by atoms with Crippen LogP contribution in [0.5, 0.6) is 0 Å². The van der Waals surface area contributed by atoms with E-state index in [1.165, 1.54) is 30.6 Å². The van der Waals surface area contributed by atoms with Crippen LogP contribution in [0.25, 0.3) is 5.69 Å². The number of nitrogens with zero attached hydrogens (tertiary/aromatic N) is 2. The third-order valence-electron chi connectivity index (χ3n) is 4.63. The number of carbonyl (C=O) groups excluding carboxylic acids is 1. The van der Waals surface area contributed by atoms with Gasteiger partial charge in [0.05, 0.1) is 5.69 Å². The molecule has 1 fully saturated rings. The topological polar surface area (TPSA) is 37.3 Å². The highest BCUT2D eigenvalue weighted by molar-refractivity contribution is 7.12. The summed E-state index contributed by atoms with van der Waals surface area (Å²) in [6.07, 6.45) is 7.79. The van der Waals surface area contributed by atoms with E-state index in [0.29, 0.717) is 6.54 Å². The first kappa shape index (κ1) is 16.3. The number of carbonyl (C=O) groups is 1. The second-order valence-corrected chi connectivity index (χ2v) is 7.68. The summed E-state index contributed by atoms with van der Waals surface area (Å²) in [4.78, 5) is 15.9. The molecule has 0 atom stereocenters. The molecule has 23 heavy (non-hydrogen) atoms. The average Bonchev–Trinajstić information content (AvgIpc) is 3.24. The maximum Gasteiger partial charge on any atom is 0.263 e. The van der Waals surface area contributed by atoms with Crippen LogP contribution in [0.4, 0.5) is 0 Å². The average molecular weight is 331 g/mol. The first-order valence-electron chi connectivity index (χ1n) is 8.32. The Labute approximate surface area is 142 Å². The molecule has 0 aliphatic carbocycles. The Bertz CT molecular complexity index is 639. The lowest BCUT2D eigenvalue weighted by atomic mass is 9.98. The van der Waals surface area contributed by atoms with Gasteiger partial charge in [0.15, 0.2) is 0 Å². The van der Waals surface area contributed by atoms with E-state index in [9.17, 15) is 4.79 Å². The van der Waals surface area contributed by atoms with Gasteiger partial charge in [-0.3, -0.25) is 9.69 Å². The predicted molar refractivity (Wildman–Crippen MR) is 95.5 cm³/mol. The van der Waals surface area contributed by atoms with Gasteiger partial charge in [0.25, 0.3) is 5.91 Å². The molecule has 0 radical (unpaired) electrons. The van der Waals surface area contributed by atoms with E-state index < -0.39 is 0 Å². The first-order valence-corrected chi connectivity index (χ1v) is 9.20. The molecular formula is C18H25N3OS. The number of rotatable bonds is 5. The Kier molecular flexibility index (Phi) is 4.87. The highest BCUT2D eigenvalue weighted by Crippen LogP contribution is 2.23. The van der Waals surface area contributed by atoms with Crippen LogP contribution < -0.4 is 5.32 Å². The fourth-order valence-corrected chi connectivity index (χ4v) is 3.97. The van der Waals surface area contributed by atoms with Gasteiger partial charge in [0.1, 0.15) is 4.88 Å². The van der Waals surface area contributed by atoms with Crippen molar-refractivity contribution in [3.63, 3.8) is 0 Å². The monoisotopic (exact) mass is 331 g/mol. The molecule has 0 unspecified atom stereocenters. The highest BCUT2D eigenvalue weighted by atomic mass is 32.1. The molecular weight excluding hydrogens is 306 g/mol. The van der Waals surface area contributed by atoms with Crippen LogP contribution in [0.3, 0.4) is 0 Å². The van der Waals surface area contributed by atoms with Gasteiger partial charge in [-0.15, -0.1) is 11.3 Å². The molecule has 5 heteroatoms. The molecule has 0 bridgehead atoms. The maximum absolute atomic E-state index is 12.6. The van der Waals surface area contributed by atoms with E-state index in [1.807, 2.05) is 40.5 Å². The molecule has 3 heterocycles. The van der Waals surface area contributed by atoms with Gasteiger partial charge in [-0.05, 0) is 63.4 Å². The molecule has 0 spiro atoms. The zero-order valence-electron chi connectivity index (χ0n) is 13.9. The fourth-order valence-electron chi connectivity index (χ4n) is 3.16. The Balaban J connectivity index is 1.65. The lowest BCUT2D eigenvalue weighted by Gasteiger charge is -2.41. The molecule has 3 rings (SSSR count). The van der Waals surface area contributed by atoms with E-state index in [0.717, 1.165) is 23.7 Å². The van der Waals surface area contributed by atoms with Gasteiger partial charge in [-0.25, -0.2) is 0 Å². The maximum atomic E-state index is 12.6. The molecule has 1 N–H and O–H groups in total. The standard InChI is InChI=1S/C18H25N3OS/c1-18(2,21-11-4-3-5-12-21)14-19-17(22)16-15(8-13-23-16)20-9-6-7-10-20/h6-10,13H,3-5,11-12,14H2,1-2H3,(H,19,22). The number of thiophene rings is 1. The van der Waals surface area contributed by atoms with Crippen molar-refractivity contribution in [2.24, 2.45) is 0 Å². The summed E-state index contributed by atoms with van der Waals surface area (Å²) >= 11 is 1.50. The van der Waals surface area contributed by atoms with E-state index in [1.54, 1.807) is 0 Å². The summed E-state index contributed by atoms with van der Waals surface area (Å²) in [5.41, 5.74) is 0.953. The fraction of sp³-hybridized carbons (Fsp3) is 0.500. The van der Waals surface area contributed by atoms with Crippen LogP contribution in [0.1, 0.15) is 42.8 Å². The minimum Gasteiger partial charge on any atom is -0.349 e. The minimum absolute atomic E-state index is 0.000945. The predicted octanol–water partition coefficient (Wildman–Crippen LogP) is 3.53. The number of amides is 1. The second-order valence-electron chi connectivity index (χ2n) is 6.77. The van der Waals surface area contributed by atoms with Crippen LogP contribution in [0.15, 0.2) is 36.0 Å². The smallest absolute Gasteiger partial charge is 0.263 e. The summed E-state index contributed by atoms with van der Waals surface area (Å²) in [5, 5.41) is 5.11. The van der Waals surface area contributed by atoms with Gasteiger partial charge < -0.3 is 9.88 Å². The molecule has 4 nitrogen and oxygen atoms in total. The Morgan fingerprint density at radius 2 is 1.91 bits per heavy atom. The number of aromatic nitrogens is 1. The molecule has 1 aliphatic heterocycles. The van der Waals surface area contributed by atoms with Gasteiger partial charge in [0, 0.05) is 24.5 Å². The third kappa shape index (κ3) is 3.67. The van der Waals surface area contributed by atoms with Crippen LogP contribution >= 0.6 is 11.3 Å². The summed E-state index contributed by atoms with van der Waals surface area (Å²) in [7, 11) is 0. The molecule has 124 valence electrons. The number of nitrogens with one attached hydrogen (secondary N) is 1. The number of piperidine rings is 1. The Morgan fingerprint density at radius 3 is 2.61 bits per heavy atom. The Morgan fingerprint density at radius 1 is 1.22 bits per heavy atom. The Hall–Kier alpha value is -1.59. The van der Waals surface area contributed by atoms with Crippen molar-refractivity contribution in [1.29, 1.82) is 0 Å². The minimum atomic E-state index is 0.000945. The molecule has 0 aromatic carbocycles. The number of likely N-dealkylation sites (tertiary alicyclic amines) is 1. The lowest BCUT2D eigenvalue weighted by molar-refractivity contribution is 0.0800. The van der Waals surface area contributed by atoms with Crippen molar-refractivity contribution < 1.29 is 4.79 Å². The first-order chi connectivity index (χ1) is 11.1. The van der Waals surface area contributed by atoms with Crippen molar-refractivity contribution >= 4 is 17.2 Å². The van der Waals surface area contributed by atoms with Gasteiger partial charge in [-0.2, -0.15) is 0 Å². The number of hydrogen-bond donors (Lipinski definition) is 1. The van der Waals surface area contributed by atoms with Crippen molar-refractivity contribution in [3.05, 3.63) is 40.8 Å². The van der Waals surface area contributed by atoms with E-state index in [2.05, 4.69) is 24.1 Å². The second kappa shape index (κ2) is 6.89. The van der Waals surface area contributed by atoms with E-state index >= 15 is 0 Å². The van der Waals surface area contributed by atoms with E-state index in [4.69, 9.17) is 0 Å². The van der Waals surface area contributed by atoms with E-state index in [-0.39, 0.29) is 11.4 Å². The highest BCUT2D eigenvalue weighted by Gasteiger charge is 2.28. The largest absolute Gasteiger partial charge is 0.349 e. The van der Waals surface area contributed by atoms with Crippen molar-refractivity contribution in [1.82, 2.24) is 14.8 Å². The lowest BCUT2D eigenvalue weighted by Crippen LogP contribution is -2.53. The molecule has 0 saturated carbocycles. The van der Waals surface area contributed by atoms with Gasteiger partial charge in [0.2, 0.25) is 0 Å². The zero-order chi connectivity index (χ0) is 16.3. The molecule has 2 aromatic rings. The van der Waals surface area contributed by atoms with Crippen LogP contribution in [-0.4, -0.2) is 40.5 Å². The van der Waals surface area contributed by atoms with Gasteiger partial charge >= 0.3 is 0 Å².